The van der Waals surface area contributed by atoms with Gasteiger partial charge in [-0.1, -0.05) is 54.6 Å². The van der Waals surface area contributed by atoms with Crippen molar-refractivity contribution >= 4 is 27.2 Å². The van der Waals surface area contributed by atoms with Crippen molar-refractivity contribution < 1.29 is 0 Å². The summed E-state index contributed by atoms with van der Waals surface area (Å²) in [6.07, 6.45) is 0. The van der Waals surface area contributed by atoms with Gasteiger partial charge in [0.05, 0.1) is 5.54 Å². The fourth-order valence-electron chi connectivity index (χ4n) is 5.91. The van der Waals surface area contributed by atoms with E-state index in [1.54, 1.807) is 0 Å². The van der Waals surface area contributed by atoms with Crippen LogP contribution in [0.5, 0.6) is 0 Å². The second-order valence-corrected chi connectivity index (χ2v) is 10.4. The average molecular weight is 407 g/mol. The minimum atomic E-state index is -0.0867. The Balaban J connectivity index is 1.61. The summed E-state index contributed by atoms with van der Waals surface area (Å²) in [5, 5.41) is 5.60. The number of hydrogen-bond donors (Lipinski definition) is 0. The molecule has 0 radical (unpaired) electrons. The van der Waals surface area contributed by atoms with E-state index in [4.69, 9.17) is 0 Å². The predicted octanol–water partition coefficient (Wildman–Crippen LogP) is 6.93. The predicted molar refractivity (Wildman–Crippen MR) is 132 cm³/mol. The summed E-state index contributed by atoms with van der Waals surface area (Å²) in [6, 6.07) is 25.2. The van der Waals surface area contributed by atoms with Crippen molar-refractivity contribution in [2.24, 2.45) is 0 Å². The minimum Gasteiger partial charge on any atom is -0.358 e. The van der Waals surface area contributed by atoms with Crippen LogP contribution in [0.25, 0.3) is 21.5 Å². The average Bonchev–Trinajstić information content (AvgIpc) is 2.74. The summed E-state index contributed by atoms with van der Waals surface area (Å²) in [5.74, 6) is 0. The van der Waals surface area contributed by atoms with Crippen molar-refractivity contribution in [1.82, 2.24) is 4.90 Å². The third-order valence-electron chi connectivity index (χ3n) is 8.03. The highest BCUT2D eigenvalue weighted by molar-refractivity contribution is 5.95. The van der Waals surface area contributed by atoms with Gasteiger partial charge < -0.3 is 4.90 Å². The summed E-state index contributed by atoms with van der Waals surface area (Å²) < 4.78 is 0. The van der Waals surface area contributed by atoms with Crippen LogP contribution in [0.1, 0.15) is 49.9 Å². The third kappa shape index (κ3) is 2.49. The first-order valence-electron chi connectivity index (χ1n) is 11.3. The molecular weight excluding hydrogens is 376 g/mol. The molecule has 2 aliphatic rings. The van der Waals surface area contributed by atoms with Crippen molar-refractivity contribution in [1.29, 1.82) is 0 Å². The van der Waals surface area contributed by atoms with E-state index in [1.807, 2.05) is 0 Å². The van der Waals surface area contributed by atoms with E-state index in [0.717, 1.165) is 13.1 Å². The molecule has 6 rings (SSSR count). The lowest BCUT2D eigenvalue weighted by Gasteiger charge is -2.47. The molecule has 0 saturated heterocycles. The maximum atomic E-state index is 2.61. The molecule has 0 aliphatic carbocycles. The second kappa shape index (κ2) is 6.11. The standard InChI is InChI=1S/C29H30N2/c1-28(2)25-16-23(15-20-11-7-12-21(27(20)25)17-30(28)5)31-18-22-13-6-9-19-10-8-14-24(26(19)22)29(31,3)4/h6-16H,17-18H2,1-5H3. The summed E-state index contributed by atoms with van der Waals surface area (Å²) in [4.78, 5) is 5.09. The minimum absolute atomic E-state index is 0.000460. The van der Waals surface area contributed by atoms with Crippen LogP contribution in [-0.4, -0.2) is 11.9 Å². The zero-order valence-electron chi connectivity index (χ0n) is 19.2. The van der Waals surface area contributed by atoms with Gasteiger partial charge >= 0.3 is 0 Å². The molecule has 0 unspecified atom stereocenters. The quantitative estimate of drug-likeness (QED) is 0.338. The van der Waals surface area contributed by atoms with Gasteiger partial charge in [-0.2, -0.15) is 0 Å². The summed E-state index contributed by atoms with van der Waals surface area (Å²) in [5.41, 5.74) is 6.96. The molecule has 0 amide bonds. The maximum Gasteiger partial charge on any atom is 0.0607 e. The first kappa shape index (κ1) is 18.9. The van der Waals surface area contributed by atoms with E-state index in [9.17, 15) is 0 Å². The van der Waals surface area contributed by atoms with E-state index < -0.39 is 0 Å². The monoisotopic (exact) mass is 406 g/mol. The van der Waals surface area contributed by atoms with Gasteiger partial charge in [0, 0.05) is 24.3 Å². The molecule has 2 heteroatoms. The Morgan fingerprint density at radius 3 is 2.00 bits per heavy atom. The molecule has 2 heterocycles. The zero-order chi connectivity index (χ0) is 21.5. The van der Waals surface area contributed by atoms with Crippen molar-refractivity contribution in [2.75, 3.05) is 11.9 Å². The number of hydrogen-bond acceptors (Lipinski definition) is 2. The van der Waals surface area contributed by atoms with Crippen LogP contribution in [0, 0.1) is 0 Å². The summed E-state index contributed by atoms with van der Waals surface area (Å²) in [6.45, 7) is 11.4. The number of nitrogens with zero attached hydrogens (tertiary/aromatic N) is 2. The van der Waals surface area contributed by atoms with Crippen LogP contribution in [0.4, 0.5) is 5.69 Å². The van der Waals surface area contributed by atoms with Gasteiger partial charge in [-0.3, -0.25) is 4.90 Å². The largest absolute Gasteiger partial charge is 0.358 e. The van der Waals surface area contributed by atoms with Crippen molar-refractivity contribution in [2.45, 2.75) is 51.9 Å². The maximum absolute atomic E-state index is 2.61. The molecule has 0 spiro atoms. The first-order valence-corrected chi connectivity index (χ1v) is 11.3. The lowest BCUT2D eigenvalue weighted by molar-refractivity contribution is 0.144. The molecule has 4 aromatic carbocycles. The third-order valence-corrected chi connectivity index (χ3v) is 8.03. The molecule has 0 fully saturated rings. The molecule has 4 aromatic rings. The highest BCUT2D eigenvalue weighted by atomic mass is 15.2. The smallest absolute Gasteiger partial charge is 0.0607 e. The number of benzene rings is 4. The highest BCUT2D eigenvalue weighted by Gasteiger charge is 2.38. The van der Waals surface area contributed by atoms with Gasteiger partial charge in [-0.25, -0.2) is 0 Å². The lowest BCUT2D eigenvalue weighted by atomic mass is 9.79. The first-order chi connectivity index (χ1) is 14.8. The molecule has 2 aliphatic heterocycles. The molecule has 31 heavy (non-hydrogen) atoms. The van der Waals surface area contributed by atoms with Gasteiger partial charge in [-0.15, -0.1) is 0 Å². The number of anilines is 1. The van der Waals surface area contributed by atoms with E-state index in [1.165, 1.54) is 49.5 Å². The van der Waals surface area contributed by atoms with Crippen LogP contribution in [0.2, 0.25) is 0 Å². The second-order valence-electron chi connectivity index (χ2n) is 10.4. The van der Waals surface area contributed by atoms with E-state index in [0.29, 0.717) is 0 Å². The SMILES string of the molecule is CN1Cc2cccc3cc(N4Cc5cccc6cccc(c56)C4(C)C)cc(c23)C1(C)C. The number of rotatable bonds is 1. The van der Waals surface area contributed by atoms with Gasteiger partial charge in [0.15, 0.2) is 0 Å². The molecule has 0 atom stereocenters. The normalized spacial score (nSPS) is 19.2. The Bertz CT molecular complexity index is 1360. The van der Waals surface area contributed by atoms with E-state index in [2.05, 4.69) is 111 Å². The Labute approximate surface area is 185 Å². The molecule has 0 saturated carbocycles. The van der Waals surface area contributed by atoms with Gasteiger partial charge in [0.2, 0.25) is 0 Å². The Kier molecular flexibility index (Phi) is 3.72. The topological polar surface area (TPSA) is 6.48 Å². The molecule has 0 bridgehead atoms. The van der Waals surface area contributed by atoms with Crippen LogP contribution in [0.3, 0.4) is 0 Å². The molecular formula is C29H30N2. The van der Waals surface area contributed by atoms with Crippen LogP contribution < -0.4 is 4.90 Å². The molecule has 156 valence electrons. The Hall–Kier alpha value is -2.84. The van der Waals surface area contributed by atoms with Gasteiger partial charge in [0.25, 0.3) is 0 Å². The van der Waals surface area contributed by atoms with Crippen molar-refractivity contribution in [3.05, 3.63) is 89.0 Å². The molecule has 0 N–H and O–H groups in total. The van der Waals surface area contributed by atoms with E-state index in [-0.39, 0.29) is 11.1 Å². The summed E-state index contributed by atoms with van der Waals surface area (Å²) in [7, 11) is 2.25. The van der Waals surface area contributed by atoms with E-state index >= 15 is 0 Å². The fraction of sp³-hybridized carbons (Fsp3) is 0.310. The highest BCUT2D eigenvalue weighted by Crippen LogP contribution is 2.47. The molecule has 2 nitrogen and oxygen atoms in total. The van der Waals surface area contributed by atoms with Crippen LogP contribution in [-0.2, 0) is 24.2 Å². The van der Waals surface area contributed by atoms with Gasteiger partial charge in [-0.05, 0) is 90.7 Å². The molecule has 0 aromatic heterocycles. The fourth-order valence-corrected chi connectivity index (χ4v) is 5.91. The van der Waals surface area contributed by atoms with Crippen molar-refractivity contribution in [3.8, 4) is 0 Å². The summed E-state index contributed by atoms with van der Waals surface area (Å²) >= 11 is 0. The lowest BCUT2D eigenvalue weighted by Crippen LogP contribution is -2.45. The Morgan fingerprint density at radius 2 is 1.26 bits per heavy atom. The van der Waals surface area contributed by atoms with Crippen molar-refractivity contribution in [3.63, 3.8) is 0 Å². The van der Waals surface area contributed by atoms with Gasteiger partial charge in [0.1, 0.15) is 0 Å². The van der Waals surface area contributed by atoms with Crippen LogP contribution in [0.15, 0.2) is 66.7 Å². The zero-order valence-corrected chi connectivity index (χ0v) is 19.2. The van der Waals surface area contributed by atoms with Crippen LogP contribution >= 0.6 is 0 Å². The Morgan fingerprint density at radius 1 is 0.645 bits per heavy atom.